The Bertz CT molecular complexity index is 531. The maximum absolute atomic E-state index is 10.4. The van der Waals surface area contributed by atoms with Crippen molar-refractivity contribution in [3.8, 4) is 0 Å². The van der Waals surface area contributed by atoms with Crippen molar-refractivity contribution in [3.05, 3.63) is 53.6 Å². The second-order valence-electron chi connectivity index (χ2n) is 5.85. The molecule has 0 saturated carbocycles. The Morgan fingerprint density at radius 1 is 1.24 bits per heavy atom. The number of aliphatic hydroxyl groups is 1. The minimum absolute atomic E-state index is 0.429. The summed E-state index contributed by atoms with van der Waals surface area (Å²) in [5, 5.41) is 10.4. The average Bonchev–Trinajstić information content (AvgIpc) is 2.90. The van der Waals surface area contributed by atoms with Crippen LogP contribution in [0.5, 0.6) is 0 Å². The summed E-state index contributed by atoms with van der Waals surface area (Å²) in [5.74, 6) is 0. The molecular weight excluding hydrogens is 262 g/mol. The van der Waals surface area contributed by atoms with E-state index in [0.717, 1.165) is 25.1 Å². The monoisotopic (exact) mass is 287 g/mol. The number of aryl methyl sites for hydroxylation is 3. The van der Waals surface area contributed by atoms with Gasteiger partial charge in [-0.15, -0.1) is 0 Å². The first-order chi connectivity index (χ1) is 10.0. The van der Waals surface area contributed by atoms with Crippen molar-refractivity contribution in [2.75, 3.05) is 20.1 Å². The van der Waals surface area contributed by atoms with Crippen molar-refractivity contribution < 1.29 is 5.11 Å². The third-order valence-electron chi connectivity index (χ3n) is 3.63. The molecular formula is C17H25N3O. The van der Waals surface area contributed by atoms with Crippen LogP contribution in [0.3, 0.4) is 0 Å². The Hall–Kier alpha value is -1.65. The molecule has 0 bridgehead atoms. The Kier molecular flexibility index (Phi) is 5.53. The van der Waals surface area contributed by atoms with Gasteiger partial charge in [0.1, 0.15) is 0 Å². The Morgan fingerprint density at radius 3 is 2.57 bits per heavy atom. The van der Waals surface area contributed by atoms with Crippen molar-refractivity contribution in [1.29, 1.82) is 0 Å². The molecule has 4 nitrogen and oxygen atoms in total. The smallest absolute Gasteiger partial charge is 0.0945 e. The summed E-state index contributed by atoms with van der Waals surface area (Å²) in [6, 6.07) is 6.26. The maximum atomic E-state index is 10.4. The lowest BCUT2D eigenvalue weighted by molar-refractivity contribution is 0.125. The van der Waals surface area contributed by atoms with Gasteiger partial charge >= 0.3 is 0 Å². The number of hydrogen-bond donors (Lipinski definition) is 1. The van der Waals surface area contributed by atoms with E-state index in [4.69, 9.17) is 0 Å². The first kappa shape index (κ1) is 15.7. The van der Waals surface area contributed by atoms with Crippen LogP contribution in [0.25, 0.3) is 0 Å². The first-order valence-corrected chi connectivity index (χ1v) is 7.45. The fraction of sp³-hybridized carbons (Fsp3) is 0.471. The maximum Gasteiger partial charge on any atom is 0.0945 e. The number of likely N-dealkylation sites (N-methyl/N-ethyl adjacent to an activating group) is 1. The molecule has 1 aromatic heterocycles. The molecule has 0 aliphatic rings. The minimum Gasteiger partial charge on any atom is -0.387 e. The Labute approximate surface area is 127 Å². The fourth-order valence-electron chi connectivity index (χ4n) is 2.64. The van der Waals surface area contributed by atoms with Crippen LogP contribution in [0, 0.1) is 13.8 Å². The van der Waals surface area contributed by atoms with Crippen molar-refractivity contribution in [2.45, 2.75) is 32.9 Å². The van der Waals surface area contributed by atoms with Gasteiger partial charge in [-0.1, -0.05) is 29.3 Å². The number of rotatable bonds is 7. The van der Waals surface area contributed by atoms with Gasteiger partial charge in [0.05, 0.1) is 12.4 Å². The van der Waals surface area contributed by atoms with Crippen LogP contribution in [0.1, 0.15) is 29.2 Å². The SMILES string of the molecule is Cc1cc(C)cc(C(O)CN(C)CCCn2ccnc2)c1. The molecule has 114 valence electrons. The van der Waals surface area contributed by atoms with Gasteiger partial charge < -0.3 is 14.6 Å². The largest absolute Gasteiger partial charge is 0.387 e. The molecule has 0 saturated heterocycles. The van der Waals surface area contributed by atoms with Gasteiger partial charge in [-0.05, 0) is 39.4 Å². The van der Waals surface area contributed by atoms with Gasteiger partial charge in [-0.2, -0.15) is 0 Å². The van der Waals surface area contributed by atoms with E-state index in [1.165, 1.54) is 11.1 Å². The summed E-state index contributed by atoms with van der Waals surface area (Å²) in [6.07, 6.45) is 6.23. The molecule has 2 rings (SSSR count). The van der Waals surface area contributed by atoms with E-state index in [0.29, 0.717) is 6.54 Å². The highest BCUT2D eigenvalue weighted by molar-refractivity contribution is 5.30. The van der Waals surface area contributed by atoms with Crippen molar-refractivity contribution in [2.24, 2.45) is 0 Å². The molecule has 1 aromatic carbocycles. The molecule has 1 N–H and O–H groups in total. The van der Waals surface area contributed by atoms with Crippen molar-refractivity contribution in [3.63, 3.8) is 0 Å². The van der Waals surface area contributed by atoms with E-state index in [-0.39, 0.29) is 0 Å². The lowest BCUT2D eigenvalue weighted by Gasteiger charge is -2.21. The molecule has 0 amide bonds. The van der Waals surface area contributed by atoms with Crippen LogP contribution >= 0.6 is 0 Å². The van der Waals surface area contributed by atoms with Crippen molar-refractivity contribution >= 4 is 0 Å². The third kappa shape index (κ3) is 4.99. The zero-order valence-electron chi connectivity index (χ0n) is 13.2. The summed E-state index contributed by atoms with van der Waals surface area (Å²) < 4.78 is 2.08. The molecule has 1 atom stereocenters. The van der Waals surface area contributed by atoms with Gasteiger partial charge in [0.15, 0.2) is 0 Å². The zero-order valence-corrected chi connectivity index (χ0v) is 13.2. The molecule has 1 unspecified atom stereocenters. The molecule has 4 heteroatoms. The second-order valence-corrected chi connectivity index (χ2v) is 5.85. The summed E-state index contributed by atoms with van der Waals surface area (Å²) in [6.45, 7) is 6.72. The summed E-state index contributed by atoms with van der Waals surface area (Å²) >= 11 is 0. The summed E-state index contributed by atoms with van der Waals surface area (Å²) in [7, 11) is 2.06. The molecule has 0 aliphatic heterocycles. The molecule has 0 fully saturated rings. The lowest BCUT2D eigenvalue weighted by Crippen LogP contribution is -2.26. The van der Waals surface area contributed by atoms with Crippen LogP contribution in [-0.4, -0.2) is 39.7 Å². The van der Waals surface area contributed by atoms with Gasteiger partial charge in [-0.3, -0.25) is 0 Å². The van der Waals surface area contributed by atoms with E-state index < -0.39 is 6.10 Å². The van der Waals surface area contributed by atoms with Crippen LogP contribution in [-0.2, 0) is 6.54 Å². The van der Waals surface area contributed by atoms with Gasteiger partial charge in [-0.25, -0.2) is 4.98 Å². The molecule has 0 radical (unpaired) electrons. The molecule has 0 spiro atoms. The number of aliphatic hydroxyl groups excluding tert-OH is 1. The van der Waals surface area contributed by atoms with E-state index in [2.05, 4.69) is 53.5 Å². The predicted molar refractivity (Wildman–Crippen MR) is 85.2 cm³/mol. The van der Waals surface area contributed by atoms with Crippen LogP contribution in [0.15, 0.2) is 36.9 Å². The number of aromatic nitrogens is 2. The number of nitrogens with zero attached hydrogens (tertiary/aromatic N) is 3. The van der Waals surface area contributed by atoms with Gasteiger partial charge in [0.2, 0.25) is 0 Å². The highest BCUT2D eigenvalue weighted by Crippen LogP contribution is 2.17. The number of imidazole rings is 1. The van der Waals surface area contributed by atoms with Crippen molar-refractivity contribution in [1.82, 2.24) is 14.5 Å². The van der Waals surface area contributed by atoms with Crippen LogP contribution in [0.2, 0.25) is 0 Å². The first-order valence-electron chi connectivity index (χ1n) is 7.45. The Balaban J connectivity index is 1.79. The van der Waals surface area contributed by atoms with E-state index in [1.54, 1.807) is 6.20 Å². The second kappa shape index (κ2) is 7.38. The number of benzene rings is 1. The fourth-order valence-corrected chi connectivity index (χ4v) is 2.64. The van der Waals surface area contributed by atoms with Gasteiger partial charge in [0, 0.05) is 25.5 Å². The van der Waals surface area contributed by atoms with Crippen LogP contribution < -0.4 is 0 Å². The summed E-state index contributed by atoms with van der Waals surface area (Å²) in [4.78, 5) is 6.21. The Morgan fingerprint density at radius 2 is 1.95 bits per heavy atom. The minimum atomic E-state index is -0.429. The summed E-state index contributed by atoms with van der Waals surface area (Å²) in [5.41, 5.74) is 3.41. The number of hydrogen-bond acceptors (Lipinski definition) is 3. The molecule has 1 heterocycles. The zero-order chi connectivity index (χ0) is 15.2. The molecule has 21 heavy (non-hydrogen) atoms. The molecule has 0 aliphatic carbocycles. The molecule has 2 aromatic rings. The van der Waals surface area contributed by atoms with E-state index in [1.807, 2.05) is 12.5 Å². The van der Waals surface area contributed by atoms with Gasteiger partial charge in [0.25, 0.3) is 0 Å². The predicted octanol–water partition coefficient (Wildman–Crippen LogP) is 2.56. The average molecular weight is 287 g/mol. The highest BCUT2D eigenvalue weighted by atomic mass is 16.3. The van der Waals surface area contributed by atoms with E-state index in [9.17, 15) is 5.11 Å². The third-order valence-corrected chi connectivity index (χ3v) is 3.63. The lowest BCUT2D eigenvalue weighted by atomic mass is 10.0. The van der Waals surface area contributed by atoms with Crippen LogP contribution in [0.4, 0.5) is 0 Å². The normalized spacial score (nSPS) is 12.8. The quantitative estimate of drug-likeness (QED) is 0.851. The highest BCUT2D eigenvalue weighted by Gasteiger charge is 2.11. The van der Waals surface area contributed by atoms with E-state index >= 15 is 0 Å². The topological polar surface area (TPSA) is 41.3 Å². The standard InChI is InChI=1S/C17H25N3O/c1-14-9-15(2)11-16(10-14)17(21)12-19(3)6-4-7-20-8-5-18-13-20/h5,8-11,13,17,21H,4,6-7,12H2,1-3H3.